The third-order valence-electron chi connectivity index (χ3n) is 8.09. The Kier molecular flexibility index (Phi) is 7.74. The Morgan fingerprint density at radius 2 is 1.78 bits per heavy atom. The summed E-state index contributed by atoms with van der Waals surface area (Å²) >= 11 is 0. The molecule has 0 saturated heterocycles. The first-order valence-corrected chi connectivity index (χ1v) is 14.8. The summed E-state index contributed by atoms with van der Waals surface area (Å²) in [5, 5.41) is 12.2. The van der Waals surface area contributed by atoms with Gasteiger partial charge in [-0.2, -0.15) is 0 Å². The van der Waals surface area contributed by atoms with E-state index in [1.807, 2.05) is 64.1 Å². The Labute approximate surface area is 261 Å². The molecule has 1 N–H and O–H groups in total. The zero-order valence-electron chi connectivity index (χ0n) is 26.3. The maximum absolute atomic E-state index is 13.5. The average molecular weight is 609 g/mol. The number of fused-ring (bicyclic) bond motifs is 1. The van der Waals surface area contributed by atoms with E-state index in [4.69, 9.17) is 23.9 Å². The van der Waals surface area contributed by atoms with Crippen molar-refractivity contribution in [3.05, 3.63) is 93.4 Å². The van der Waals surface area contributed by atoms with Crippen LogP contribution in [-0.2, 0) is 22.5 Å². The number of carboxylic acids is 1. The van der Waals surface area contributed by atoms with Crippen molar-refractivity contribution in [2.45, 2.75) is 52.4 Å². The maximum atomic E-state index is 13.5. The van der Waals surface area contributed by atoms with Crippen molar-refractivity contribution in [3.8, 4) is 28.4 Å². The van der Waals surface area contributed by atoms with E-state index in [-0.39, 0.29) is 12.1 Å². The Morgan fingerprint density at radius 3 is 2.44 bits per heavy atom. The molecule has 45 heavy (non-hydrogen) atoms. The van der Waals surface area contributed by atoms with Gasteiger partial charge in [-0.05, 0) is 92.4 Å². The summed E-state index contributed by atoms with van der Waals surface area (Å²) < 4.78 is 24.9. The molecule has 0 amide bonds. The fourth-order valence-electron chi connectivity index (χ4n) is 6.21. The molecule has 232 valence electrons. The van der Waals surface area contributed by atoms with Crippen molar-refractivity contribution in [3.63, 3.8) is 0 Å². The van der Waals surface area contributed by atoms with Crippen molar-refractivity contribution in [2.75, 3.05) is 20.8 Å². The third-order valence-corrected chi connectivity index (χ3v) is 8.09. The van der Waals surface area contributed by atoms with Crippen LogP contribution in [0, 0.1) is 6.92 Å². The number of ether oxygens (including phenoxy) is 4. The van der Waals surface area contributed by atoms with E-state index in [0.717, 1.165) is 34.2 Å². The standard InChI is InChI=1S/C36H36N2O7/c1-20-15-27-25(8-10-29(39)38(27)19-21-16-23(42-5)18-24(17-21)43-6)32(30(20)34(35(40)41)45-36(2,3)4)26-7-9-28-31-22(12-14-44-28)11-13-37-33(26)31/h7-11,13,15-18,34H,12,14,19H2,1-6H3,(H,40,41)/t34-/m0/s1. The first-order valence-electron chi connectivity index (χ1n) is 14.8. The molecule has 2 aromatic heterocycles. The van der Waals surface area contributed by atoms with Crippen molar-refractivity contribution >= 4 is 27.8 Å². The van der Waals surface area contributed by atoms with Gasteiger partial charge in [0.25, 0.3) is 5.56 Å². The average Bonchev–Trinajstić information content (AvgIpc) is 3.01. The molecular formula is C36H36N2O7. The van der Waals surface area contributed by atoms with Crippen molar-refractivity contribution in [1.82, 2.24) is 9.55 Å². The van der Waals surface area contributed by atoms with E-state index >= 15 is 0 Å². The fraction of sp³-hybridized carbons (Fsp3) is 0.306. The number of aryl methyl sites for hydroxylation is 1. The number of aliphatic carboxylic acids is 1. The number of benzene rings is 3. The molecule has 6 rings (SSSR count). The molecule has 0 radical (unpaired) electrons. The van der Waals surface area contributed by atoms with Crippen LogP contribution in [-0.4, -0.2) is 47.1 Å². The molecule has 0 aliphatic carbocycles. The number of aromatic nitrogens is 2. The third kappa shape index (κ3) is 5.60. The highest BCUT2D eigenvalue weighted by Gasteiger charge is 2.33. The van der Waals surface area contributed by atoms with Gasteiger partial charge in [0.15, 0.2) is 6.10 Å². The summed E-state index contributed by atoms with van der Waals surface area (Å²) in [6.07, 6.45) is 1.24. The Hall–Kier alpha value is -4.89. The van der Waals surface area contributed by atoms with Gasteiger partial charge in [-0.25, -0.2) is 4.79 Å². The maximum Gasteiger partial charge on any atom is 0.337 e. The van der Waals surface area contributed by atoms with Crippen molar-refractivity contribution in [1.29, 1.82) is 0 Å². The van der Waals surface area contributed by atoms with Gasteiger partial charge in [0.2, 0.25) is 0 Å². The molecule has 1 aliphatic rings. The summed E-state index contributed by atoms with van der Waals surface area (Å²) in [5.41, 5.74) is 4.90. The van der Waals surface area contributed by atoms with Crippen molar-refractivity contribution in [2.24, 2.45) is 0 Å². The first-order chi connectivity index (χ1) is 21.5. The molecule has 9 heteroatoms. The molecule has 1 aliphatic heterocycles. The fourth-order valence-corrected chi connectivity index (χ4v) is 6.21. The van der Waals surface area contributed by atoms with Crippen LogP contribution in [0.1, 0.15) is 49.1 Å². The van der Waals surface area contributed by atoms with Gasteiger partial charge in [-0.15, -0.1) is 0 Å². The van der Waals surface area contributed by atoms with E-state index in [1.165, 1.54) is 6.07 Å². The van der Waals surface area contributed by atoms with Crippen molar-refractivity contribution < 1.29 is 28.8 Å². The molecular weight excluding hydrogens is 572 g/mol. The largest absolute Gasteiger partial charge is 0.497 e. The minimum atomic E-state index is -1.28. The number of rotatable bonds is 8. The van der Waals surface area contributed by atoms with Crippen LogP contribution < -0.4 is 19.8 Å². The van der Waals surface area contributed by atoms with Gasteiger partial charge < -0.3 is 28.6 Å². The topological polar surface area (TPSA) is 109 Å². The number of carbonyl (C=O) groups is 1. The first kappa shape index (κ1) is 30.1. The summed E-state index contributed by atoms with van der Waals surface area (Å²) in [6, 6.07) is 16.5. The SMILES string of the molecule is COc1cc(Cn2c(=O)ccc3c(-c4ccc5c6c(ccnc46)CCO5)c([C@H](OC(C)(C)C)C(=O)O)c(C)cc32)cc(OC)c1. The molecule has 5 aromatic rings. The highest BCUT2D eigenvalue weighted by molar-refractivity contribution is 6.08. The highest BCUT2D eigenvalue weighted by atomic mass is 16.5. The number of methoxy groups -OCH3 is 2. The lowest BCUT2D eigenvalue weighted by molar-refractivity contribution is -0.160. The summed E-state index contributed by atoms with van der Waals surface area (Å²) in [6.45, 7) is 8.17. The van der Waals surface area contributed by atoms with E-state index in [1.54, 1.807) is 37.1 Å². The summed E-state index contributed by atoms with van der Waals surface area (Å²) in [5.74, 6) is 0.852. The predicted molar refractivity (Wildman–Crippen MR) is 173 cm³/mol. The number of nitrogens with zero attached hydrogens (tertiary/aromatic N) is 2. The molecule has 0 fully saturated rings. The second-order valence-electron chi connectivity index (χ2n) is 12.2. The van der Waals surface area contributed by atoms with Gasteiger partial charge in [0.1, 0.15) is 17.2 Å². The Bertz CT molecular complexity index is 1990. The van der Waals surface area contributed by atoms with Gasteiger partial charge in [0.05, 0.1) is 44.0 Å². The molecule has 1 atom stereocenters. The Morgan fingerprint density at radius 1 is 1.04 bits per heavy atom. The zero-order chi connectivity index (χ0) is 32.0. The number of carboxylic acid groups (broad SMARTS) is 1. The molecule has 3 aromatic carbocycles. The lowest BCUT2D eigenvalue weighted by Crippen LogP contribution is -2.28. The van der Waals surface area contributed by atoms with Crippen LogP contribution in [0.25, 0.3) is 32.9 Å². The second-order valence-corrected chi connectivity index (χ2v) is 12.2. The van der Waals surface area contributed by atoms with Gasteiger partial charge in [-0.1, -0.05) is 0 Å². The normalized spacial score (nSPS) is 13.5. The molecule has 9 nitrogen and oxygen atoms in total. The predicted octanol–water partition coefficient (Wildman–Crippen LogP) is 6.47. The van der Waals surface area contributed by atoms with E-state index < -0.39 is 17.7 Å². The zero-order valence-corrected chi connectivity index (χ0v) is 26.3. The summed E-state index contributed by atoms with van der Waals surface area (Å²) in [7, 11) is 3.16. The molecule has 0 bridgehead atoms. The van der Waals surface area contributed by atoms with E-state index in [9.17, 15) is 14.7 Å². The molecule has 0 saturated carbocycles. The van der Waals surface area contributed by atoms with Crippen LogP contribution in [0.2, 0.25) is 0 Å². The lowest BCUT2D eigenvalue weighted by atomic mass is 9.86. The quantitative estimate of drug-likeness (QED) is 0.214. The van der Waals surface area contributed by atoms with E-state index in [2.05, 4.69) is 0 Å². The number of hydrogen-bond donors (Lipinski definition) is 1. The van der Waals surface area contributed by atoms with Crippen LogP contribution in [0.4, 0.5) is 0 Å². The Balaban J connectivity index is 1.70. The van der Waals surface area contributed by atoms with Gasteiger partial charge in [-0.3, -0.25) is 9.78 Å². The van der Waals surface area contributed by atoms with E-state index in [0.29, 0.717) is 51.2 Å². The van der Waals surface area contributed by atoms with Gasteiger partial charge >= 0.3 is 5.97 Å². The molecule has 3 heterocycles. The lowest BCUT2D eigenvalue weighted by Gasteiger charge is -2.29. The number of pyridine rings is 2. The van der Waals surface area contributed by atoms with Crippen LogP contribution in [0.3, 0.4) is 0 Å². The van der Waals surface area contributed by atoms with Crippen LogP contribution in [0.5, 0.6) is 17.2 Å². The second kappa shape index (κ2) is 11.6. The minimum absolute atomic E-state index is 0.202. The monoisotopic (exact) mass is 608 g/mol. The van der Waals surface area contributed by atoms with Crippen LogP contribution >= 0.6 is 0 Å². The highest BCUT2D eigenvalue weighted by Crippen LogP contribution is 2.45. The minimum Gasteiger partial charge on any atom is -0.497 e. The number of hydrogen-bond acceptors (Lipinski definition) is 7. The smallest absolute Gasteiger partial charge is 0.337 e. The molecule has 0 spiro atoms. The summed E-state index contributed by atoms with van der Waals surface area (Å²) in [4.78, 5) is 31.2. The van der Waals surface area contributed by atoms with Crippen LogP contribution in [0.15, 0.2) is 65.6 Å². The molecule has 0 unspecified atom stereocenters. The van der Waals surface area contributed by atoms with Gasteiger partial charge in [0, 0.05) is 46.6 Å².